The summed E-state index contributed by atoms with van der Waals surface area (Å²) in [4.78, 5) is 31.4. The zero-order chi connectivity index (χ0) is 18.2. The van der Waals surface area contributed by atoms with Crippen molar-refractivity contribution in [2.75, 3.05) is 18.5 Å². The molecular formula is C16H26N6O2. The van der Waals surface area contributed by atoms with E-state index in [1.165, 1.54) is 11.6 Å². The Morgan fingerprint density at radius 3 is 2.46 bits per heavy atom. The van der Waals surface area contributed by atoms with Gasteiger partial charge in [-0.25, -0.2) is 4.79 Å². The predicted molar refractivity (Wildman–Crippen MR) is 96.6 cm³/mol. The van der Waals surface area contributed by atoms with Gasteiger partial charge in [0.05, 0.1) is 0 Å². The molecule has 2 aromatic rings. The number of allylic oxidation sites excluding steroid dienone is 2. The van der Waals surface area contributed by atoms with Gasteiger partial charge < -0.3 is 15.2 Å². The quantitative estimate of drug-likeness (QED) is 0.788. The Balaban J connectivity index is 2.87. The van der Waals surface area contributed by atoms with Crippen LogP contribution in [-0.4, -0.2) is 38.3 Å². The molecule has 8 nitrogen and oxygen atoms in total. The largest absolute Gasteiger partial charge is 0.341 e. The summed E-state index contributed by atoms with van der Waals surface area (Å²) in [6.07, 6.45) is 2.02. The number of fused-ring (bicyclic) bond motifs is 1. The monoisotopic (exact) mass is 334 g/mol. The molecule has 0 aliphatic heterocycles. The number of nitrogens with two attached hydrogens (primary N) is 1. The fraction of sp³-hybridized carbons (Fsp3) is 0.562. The highest BCUT2D eigenvalue weighted by molar-refractivity contribution is 5.74. The van der Waals surface area contributed by atoms with Crippen LogP contribution in [0.3, 0.4) is 0 Å². The van der Waals surface area contributed by atoms with Crippen molar-refractivity contribution in [1.29, 1.82) is 0 Å². The average molecular weight is 334 g/mol. The van der Waals surface area contributed by atoms with Gasteiger partial charge in [0.1, 0.15) is 0 Å². The van der Waals surface area contributed by atoms with E-state index >= 15 is 0 Å². The number of aromatic nitrogens is 4. The molecule has 132 valence electrons. The zero-order valence-electron chi connectivity index (χ0n) is 15.2. The molecule has 2 rings (SSSR count). The molecule has 0 aliphatic carbocycles. The fourth-order valence-corrected chi connectivity index (χ4v) is 2.51. The average Bonchev–Trinajstić information content (AvgIpc) is 2.94. The second-order valence-electron chi connectivity index (χ2n) is 6.38. The minimum absolute atomic E-state index is 0.0492. The number of likely N-dealkylation sites (N-methyl/N-ethyl adjacent to an activating group) is 1. The standard InChI is InChI=1S/C16H26N6O2/c1-10(2)7-8-22-12-13(18-15(22)19(4)11(3)9-17)20(5)16(24)21(6)14(12)23/h7,11H,8-9,17H2,1-6H3/t11-/m1/s1. The van der Waals surface area contributed by atoms with Crippen molar-refractivity contribution in [2.24, 2.45) is 19.8 Å². The summed E-state index contributed by atoms with van der Waals surface area (Å²) >= 11 is 0. The number of anilines is 1. The van der Waals surface area contributed by atoms with Crippen LogP contribution in [0.25, 0.3) is 11.2 Å². The third kappa shape index (κ3) is 2.89. The highest BCUT2D eigenvalue weighted by Gasteiger charge is 2.22. The van der Waals surface area contributed by atoms with Crippen molar-refractivity contribution < 1.29 is 0 Å². The van der Waals surface area contributed by atoms with Crippen LogP contribution in [0.4, 0.5) is 5.95 Å². The smallest absolute Gasteiger partial charge is 0.332 e. The van der Waals surface area contributed by atoms with Gasteiger partial charge in [-0.15, -0.1) is 0 Å². The van der Waals surface area contributed by atoms with Crippen molar-refractivity contribution in [1.82, 2.24) is 18.7 Å². The van der Waals surface area contributed by atoms with Gasteiger partial charge in [0.25, 0.3) is 5.56 Å². The second kappa shape index (κ2) is 6.64. The molecule has 1 atom stereocenters. The molecule has 24 heavy (non-hydrogen) atoms. The lowest BCUT2D eigenvalue weighted by Gasteiger charge is -2.25. The van der Waals surface area contributed by atoms with Crippen LogP contribution >= 0.6 is 0 Å². The Labute approximate surface area is 140 Å². The van der Waals surface area contributed by atoms with Gasteiger partial charge in [0, 0.05) is 40.3 Å². The van der Waals surface area contributed by atoms with Gasteiger partial charge in [-0.3, -0.25) is 13.9 Å². The minimum Gasteiger partial charge on any atom is -0.341 e. The van der Waals surface area contributed by atoms with Crippen LogP contribution in [0, 0.1) is 0 Å². The number of rotatable bonds is 5. The van der Waals surface area contributed by atoms with E-state index in [0.717, 1.165) is 10.1 Å². The first-order valence-corrected chi connectivity index (χ1v) is 7.93. The molecule has 0 aromatic carbocycles. The molecule has 0 radical (unpaired) electrons. The van der Waals surface area contributed by atoms with E-state index in [1.807, 2.05) is 43.4 Å². The van der Waals surface area contributed by atoms with Gasteiger partial charge in [0.15, 0.2) is 11.2 Å². The molecule has 0 spiro atoms. The molecule has 0 saturated carbocycles. The summed E-state index contributed by atoms with van der Waals surface area (Å²) in [7, 11) is 4.99. The van der Waals surface area contributed by atoms with Crippen molar-refractivity contribution in [2.45, 2.75) is 33.4 Å². The summed E-state index contributed by atoms with van der Waals surface area (Å²) < 4.78 is 4.36. The number of aryl methyl sites for hydroxylation is 1. The lowest BCUT2D eigenvalue weighted by Crippen LogP contribution is -2.38. The van der Waals surface area contributed by atoms with Crippen molar-refractivity contribution in [3.63, 3.8) is 0 Å². The highest BCUT2D eigenvalue weighted by Crippen LogP contribution is 2.20. The van der Waals surface area contributed by atoms with E-state index in [0.29, 0.717) is 30.2 Å². The van der Waals surface area contributed by atoms with Crippen LogP contribution in [0.2, 0.25) is 0 Å². The van der Waals surface area contributed by atoms with E-state index in [-0.39, 0.29) is 17.3 Å². The maximum absolute atomic E-state index is 12.7. The normalized spacial score (nSPS) is 12.5. The molecular weight excluding hydrogens is 308 g/mol. The first kappa shape index (κ1) is 18.0. The summed E-state index contributed by atoms with van der Waals surface area (Å²) in [6, 6.07) is 0.0492. The van der Waals surface area contributed by atoms with Gasteiger partial charge in [-0.2, -0.15) is 4.98 Å². The Morgan fingerprint density at radius 1 is 1.29 bits per heavy atom. The van der Waals surface area contributed by atoms with E-state index < -0.39 is 0 Å². The third-order valence-corrected chi connectivity index (χ3v) is 4.33. The Bertz CT molecular complexity index is 898. The lowest BCUT2D eigenvalue weighted by molar-refractivity contribution is 0.657. The molecule has 0 fully saturated rings. The molecule has 2 aromatic heterocycles. The first-order chi connectivity index (χ1) is 11.2. The van der Waals surface area contributed by atoms with Crippen LogP contribution in [0.15, 0.2) is 21.2 Å². The molecule has 0 bridgehead atoms. The number of imidazole rings is 1. The van der Waals surface area contributed by atoms with E-state index in [2.05, 4.69) is 4.98 Å². The zero-order valence-corrected chi connectivity index (χ0v) is 15.2. The molecule has 0 saturated heterocycles. The third-order valence-electron chi connectivity index (χ3n) is 4.33. The van der Waals surface area contributed by atoms with Crippen molar-refractivity contribution in [3.05, 3.63) is 32.5 Å². The van der Waals surface area contributed by atoms with Crippen molar-refractivity contribution in [3.8, 4) is 0 Å². The summed E-state index contributed by atoms with van der Waals surface area (Å²) in [5.41, 5.74) is 6.98. The summed E-state index contributed by atoms with van der Waals surface area (Å²) in [6.45, 7) is 6.95. The summed E-state index contributed by atoms with van der Waals surface area (Å²) in [5.74, 6) is 0.624. The van der Waals surface area contributed by atoms with Crippen molar-refractivity contribution >= 4 is 17.1 Å². The molecule has 0 unspecified atom stereocenters. The van der Waals surface area contributed by atoms with Crippen LogP contribution in [-0.2, 0) is 20.6 Å². The van der Waals surface area contributed by atoms with Crippen LogP contribution < -0.4 is 21.9 Å². The molecule has 0 aliphatic rings. The molecule has 2 N–H and O–H groups in total. The lowest BCUT2D eigenvalue weighted by atomic mass is 10.3. The molecule has 0 amide bonds. The SMILES string of the molecule is CC(C)=CCn1c(N(C)[C@H](C)CN)nc2c1c(=O)n(C)c(=O)n2C. The topological polar surface area (TPSA) is 91.1 Å². The van der Waals surface area contributed by atoms with Crippen LogP contribution in [0.5, 0.6) is 0 Å². The van der Waals surface area contributed by atoms with Crippen LogP contribution in [0.1, 0.15) is 20.8 Å². The van der Waals surface area contributed by atoms with Gasteiger partial charge in [-0.05, 0) is 20.8 Å². The van der Waals surface area contributed by atoms with Gasteiger partial charge in [0.2, 0.25) is 5.95 Å². The number of hydrogen-bond donors (Lipinski definition) is 1. The molecule has 8 heteroatoms. The minimum atomic E-state index is -0.388. The second-order valence-corrected chi connectivity index (χ2v) is 6.38. The first-order valence-electron chi connectivity index (χ1n) is 7.93. The summed E-state index contributed by atoms with van der Waals surface area (Å²) in [5, 5.41) is 0. The van der Waals surface area contributed by atoms with E-state index in [1.54, 1.807) is 7.05 Å². The maximum Gasteiger partial charge on any atom is 0.332 e. The Hall–Kier alpha value is -2.35. The molecule has 2 heterocycles. The van der Waals surface area contributed by atoms with E-state index in [4.69, 9.17) is 5.73 Å². The fourth-order valence-electron chi connectivity index (χ4n) is 2.51. The van der Waals surface area contributed by atoms with E-state index in [9.17, 15) is 9.59 Å². The number of nitrogens with zero attached hydrogens (tertiary/aromatic N) is 5. The van der Waals surface area contributed by atoms with Gasteiger partial charge in [-0.1, -0.05) is 11.6 Å². The Kier molecular flexibility index (Phi) is 4.98. The number of hydrogen-bond acceptors (Lipinski definition) is 5. The van der Waals surface area contributed by atoms with Gasteiger partial charge >= 0.3 is 5.69 Å². The predicted octanol–water partition coefficient (Wildman–Crippen LogP) is 0.183. The Morgan fingerprint density at radius 2 is 1.92 bits per heavy atom. The maximum atomic E-state index is 12.7. The highest BCUT2D eigenvalue weighted by atomic mass is 16.2.